The summed E-state index contributed by atoms with van der Waals surface area (Å²) in [5.74, 6) is -0.0436. The number of halogens is 1. The number of hydrogen-bond donors (Lipinski definition) is 3. The van der Waals surface area contributed by atoms with E-state index in [4.69, 9.17) is 4.42 Å². The summed E-state index contributed by atoms with van der Waals surface area (Å²) >= 11 is 1.36. The Morgan fingerprint density at radius 2 is 2.00 bits per heavy atom. The van der Waals surface area contributed by atoms with Crippen LogP contribution in [0.3, 0.4) is 0 Å². The zero-order valence-corrected chi connectivity index (χ0v) is 13.3. The number of benzene rings is 1. The first-order valence-corrected chi connectivity index (χ1v) is 8.07. The normalized spacial score (nSPS) is 13.2. The first-order chi connectivity index (χ1) is 11.6. The molecule has 0 fully saturated rings. The molecule has 2 heterocycles. The van der Waals surface area contributed by atoms with Crippen molar-refractivity contribution in [1.29, 1.82) is 0 Å². The van der Waals surface area contributed by atoms with Crippen molar-refractivity contribution in [2.45, 2.75) is 5.60 Å². The molecule has 1 atom stereocenters. The number of carbonyl (C=O) groups excluding carboxylic acids is 1. The van der Waals surface area contributed by atoms with Crippen molar-refractivity contribution >= 4 is 23.1 Å². The molecule has 0 aliphatic rings. The van der Waals surface area contributed by atoms with E-state index in [0.717, 1.165) is 0 Å². The number of amides is 2. The highest BCUT2D eigenvalue weighted by atomic mass is 32.1. The standard InChI is InChI=1S/C17H15FN2O3S/c18-12-5-7-13(8-6-12)20-16(21)19-11-17(22,14-3-1-9-23-14)15-4-2-10-24-15/h1-10,22H,11H2,(H2,19,20,21)/t17-/m1/s1. The van der Waals surface area contributed by atoms with Crippen LogP contribution in [0.5, 0.6) is 0 Å². The van der Waals surface area contributed by atoms with Gasteiger partial charge in [0.25, 0.3) is 0 Å². The number of carbonyl (C=O) groups is 1. The van der Waals surface area contributed by atoms with Crippen LogP contribution in [0.2, 0.25) is 0 Å². The van der Waals surface area contributed by atoms with E-state index < -0.39 is 11.6 Å². The largest absolute Gasteiger partial charge is 0.466 e. The molecule has 0 spiro atoms. The Hall–Kier alpha value is -2.64. The molecule has 0 radical (unpaired) electrons. The summed E-state index contributed by atoms with van der Waals surface area (Å²) < 4.78 is 18.2. The van der Waals surface area contributed by atoms with E-state index in [9.17, 15) is 14.3 Å². The van der Waals surface area contributed by atoms with E-state index in [0.29, 0.717) is 16.3 Å². The number of thiophene rings is 1. The van der Waals surface area contributed by atoms with E-state index in [-0.39, 0.29) is 12.4 Å². The van der Waals surface area contributed by atoms with E-state index in [1.165, 1.54) is 41.9 Å². The highest BCUT2D eigenvalue weighted by molar-refractivity contribution is 7.10. The van der Waals surface area contributed by atoms with Gasteiger partial charge in [-0.15, -0.1) is 11.3 Å². The van der Waals surface area contributed by atoms with Crippen molar-refractivity contribution < 1.29 is 18.7 Å². The van der Waals surface area contributed by atoms with Crippen molar-refractivity contribution in [3.05, 3.63) is 76.6 Å². The lowest BCUT2D eigenvalue weighted by atomic mass is 9.99. The van der Waals surface area contributed by atoms with Crippen LogP contribution in [-0.2, 0) is 5.60 Å². The average molecular weight is 346 g/mol. The summed E-state index contributed by atoms with van der Waals surface area (Å²) in [4.78, 5) is 12.7. The predicted molar refractivity (Wildman–Crippen MR) is 89.4 cm³/mol. The van der Waals surface area contributed by atoms with Gasteiger partial charge in [0, 0.05) is 10.6 Å². The van der Waals surface area contributed by atoms with Gasteiger partial charge in [0.05, 0.1) is 12.8 Å². The zero-order chi connectivity index (χ0) is 17.0. The second-order valence-corrected chi connectivity index (χ2v) is 6.08. The Kier molecular flexibility index (Phi) is 4.64. The minimum Gasteiger partial charge on any atom is -0.466 e. The fraction of sp³-hybridized carbons (Fsp3) is 0.118. The van der Waals surface area contributed by atoms with Crippen LogP contribution in [-0.4, -0.2) is 17.7 Å². The van der Waals surface area contributed by atoms with Crippen LogP contribution in [0.15, 0.2) is 64.6 Å². The summed E-state index contributed by atoms with van der Waals surface area (Å²) in [6.07, 6.45) is 1.46. The molecule has 124 valence electrons. The molecular weight excluding hydrogens is 331 g/mol. The van der Waals surface area contributed by atoms with Crippen molar-refractivity contribution in [3.63, 3.8) is 0 Å². The molecule has 0 bridgehead atoms. The maximum atomic E-state index is 12.9. The van der Waals surface area contributed by atoms with Crippen molar-refractivity contribution in [3.8, 4) is 0 Å². The van der Waals surface area contributed by atoms with Gasteiger partial charge in [-0.05, 0) is 47.8 Å². The number of nitrogens with one attached hydrogen (secondary N) is 2. The topological polar surface area (TPSA) is 74.5 Å². The molecule has 0 aliphatic carbocycles. The Morgan fingerprint density at radius 1 is 1.21 bits per heavy atom. The van der Waals surface area contributed by atoms with Gasteiger partial charge in [-0.2, -0.15) is 0 Å². The number of furan rings is 1. The number of urea groups is 1. The summed E-state index contributed by atoms with van der Waals surface area (Å²) in [5.41, 5.74) is -1.01. The average Bonchev–Trinajstić information content (AvgIpc) is 3.28. The molecule has 3 N–H and O–H groups in total. The third-order valence-corrected chi connectivity index (χ3v) is 4.49. The Bertz CT molecular complexity index is 752. The maximum Gasteiger partial charge on any atom is 0.319 e. The Balaban J connectivity index is 1.70. The highest BCUT2D eigenvalue weighted by Gasteiger charge is 2.36. The second kappa shape index (κ2) is 6.86. The minimum absolute atomic E-state index is 0.0753. The van der Waals surface area contributed by atoms with Crippen LogP contribution in [0.1, 0.15) is 10.6 Å². The van der Waals surface area contributed by atoms with Gasteiger partial charge >= 0.3 is 6.03 Å². The lowest BCUT2D eigenvalue weighted by Crippen LogP contribution is -2.42. The monoisotopic (exact) mass is 346 g/mol. The SMILES string of the molecule is O=C(NC[C@@](O)(c1ccco1)c1cccs1)Nc1ccc(F)cc1. The first-order valence-electron chi connectivity index (χ1n) is 7.19. The molecule has 5 nitrogen and oxygen atoms in total. The number of anilines is 1. The van der Waals surface area contributed by atoms with Crippen molar-refractivity contribution in [2.75, 3.05) is 11.9 Å². The third kappa shape index (κ3) is 3.47. The van der Waals surface area contributed by atoms with E-state index in [1.807, 2.05) is 11.4 Å². The molecule has 7 heteroatoms. The van der Waals surface area contributed by atoms with Crippen molar-refractivity contribution in [2.24, 2.45) is 0 Å². The number of rotatable bonds is 5. The van der Waals surface area contributed by atoms with Gasteiger partial charge in [-0.25, -0.2) is 9.18 Å². The van der Waals surface area contributed by atoms with Crippen LogP contribution < -0.4 is 10.6 Å². The van der Waals surface area contributed by atoms with Gasteiger partial charge in [0.1, 0.15) is 11.6 Å². The zero-order valence-electron chi connectivity index (χ0n) is 12.5. The van der Waals surface area contributed by atoms with Crippen LogP contribution in [0.25, 0.3) is 0 Å². The molecule has 0 unspecified atom stereocenters. The van der Waals surface area contributed by atoms with Gasteiger partial charge in [-0.3, -0.25) is 0 Å². The van der Waals surface area contributed by atoms with Gasteiger partial charge in [0.15, 0.2) is 5.60 Å². The fourth-order valence-electron chi connectivity index (χ4n) is 2.24. The molecule has 0 saturated heterocycles. The van der Waals surface area contributed by atoms with E-state index in [1.54, 1.807) is 18.2 Å². The van der Waals surface area contributed by atoms with Crippen LogP contribution in [0.4, 0.5) is 14.9 Å². The van der Waals surface area contributed by atoms with Gasteiger partial charge in [-0.1, -0.05) is 6.07 Å². The Morgan fingerprint density at radius 3 is 2.62 bits per heavy atom. The molecule has 1 aromatic carbocycles. The summed E-state index contributed by atoms with van der Waals surface area (Å²) in [6.45, 7) is -0.0753. The lowest BCUT2D eigenvalue weighted by molar-refractivity contribution is 0.0628. The third-order valence-electron chi connectivity index (χ3n) is 3.46. The number of aliphatic hydroxyl groups is 1. The van der Waals surface area contributed by atoms with Crippen LogP contribution in [0, 0.1) is 5.82 Å². The van der Waals surface area contributed by atoms with Gasteiger partial charge in [0.2, 0.25) is 0 Å². The maximum absolute atomic E-state index is 12.9. The summed E-state index contributed by atoms with van der Waals surface area (Å²) in [5, 5.41) is 18.0. The molecule has 3 aromatic rings. The van der Waals surface area contributed by atoms with E-state index >= 15 is 0 Å². The first kappa shape index (κ1) is 16.2. The predicted octanol–water partition coefficient (Wildman–Crippen LogP) is 3.54. The molecule has 3 rings (SSSR count). The lowest BCUT2D eigenvalue weighted by Gasteiger charge is -2.25. The summed E-state index contributed by atoms with van der Waals surface area (Å²) in [7, 11) is 0. The molecule has 0 aliphatic heterocycles. The molecule has 0 saturated carbocycles. The quantitative estimate of drug-likeness (QED) is 0.661. The molecule has 2 amide bonds. The summed E-state index contributed by atoms with van der Waals surface area (Å²) in [6, 6.07) is 11.8. The molecular formula is C17H15FN2O3S. The smallest absolute Gasteiger partial charge is 0.319 e. The fourth-order valence-corrected chi connectivity index (χ4v) is 3.07. The Labute approximate surface area is 141 Å². The van der Waals surface area contributed by atoms with Gasteiger partial charge < -0.3 is 20.2 Å². The molecule has 2 aromatic heterocycles. The second-order valence-electron chi connectivity index (χ2n) is 5.13. The number of hydrogen-bond acceptors (Lipinski definition) is 4. The van der Waals surface area contributed by atoms with E-state index in [2.05, 4.69) is 10.6 Å². The van der Waals surface area contributed by atoms with Crippen molar-refractivity contribution in [1.82, 2.24) is 5.32 Å². The van der Waals surface area contributed by atoms with Crippen LogP contribution >= 0.6 is 11.3 Å². The minimum atomic E-state index is -1.46. The molecule has 24 heavy (non-hydrogen) atoms. The highest BCUT2D eigenvalue weighted by Crippen LogP contribution is 2.32.